The summed E-state index contributed by atoms with van der Waals surface area (Å²) in [6.45, 7) is 5.21. The second-order valence-corrected chi connectivity index (χ2v) is 4.34. The Kier molecular flexibility index (Phi) is 4.91. The highest BCUT2D eigenvalue weighted by Gasteiger charge is 1.92. The topological polar surface area (TPSA) is 12.0 Å². The molecule has 2 heteroatoms. The quantitative estimate of drug-likeness (QED) is 0.867. The standard InChI is InChI=1S/C12H16BrN/c1-10(2)14-9-5-7-11-6-3-4-8-12(11)13/h3-8,10,14H,9H2,1-2H3. The summed E-state index contributed by atoms with van der Waals surface area (Å²) in [7, 11) is 0. The van der Waals surface area contributed by atoms with E-state index in [1.165, 1.54) is 5.56 Å². The van der Waals surface area contributed by atoms with Gasteiger partial charge in [0.05, 0.1) is 0 Å². The van der Waals surface area contributed by atoms with Crippen LogP contribution in [-0.2, 0) is 0 Å². The normalized spacial score (nSPS) is 11.4. The summed E-state index contributed by atoms with van der Waals surface area (Å²) in [6.07, 6.45) is 4.26. The number of benzene rings is 1. The smallest absolute Gasteiger partial charge is 0.0247 e. The first-order valence-corrected chi connectivity index (χ1v) is 5.64. The Bertz CT molecular complexity index is 305. The monoisotopic (exact) mass is 253 g/mol. The zero-order valence-corrected chi connectivity index (χ0v) is 10.2. The third kappa shape index (κ3) is 4.07. The molecule has 1 nitrogen and oxygen atoms in total. The van der Waals surface area contributed by atoms with E-state index in [1.54, 1.807) is 0 Å². The highest BCUT2D eigenvalue weighted by molar-refractivity contribution is 9.10. The molecule has 0 radical (unpaired) electrons. The van der Waals surface area contributed by atoms with Crippen LogP contribution >= 0.6 is 15.9 Å². The number of nitrogens with one attached hydrogen (secondary N) is 1. The number of hydrogen-bond acceptors (Lipinski definition) is 1. The molecule has 0 aliphatic carbocycles. The summed E-state index contributed by atoms with van der Waals surface area (Å²) in [5.74, 6) is 0. The minimum Gasteiger partial charge on any atom is -0.311 e. The fraction of sp³-hybridized carbons (Fsp3) is 0.333. The maximum Gasteiger partial charge on any atom is 0.0247 e. The third-order valence-electron chi connectivity index (χ3n) is 1.85. The molecule has 0 amide bonds. The molecular formula is C12H16BrN. The molecule has 1 aromatic carbocycles. The van der Waals surface area contributed by atoms with Crippen LogP contribution in [0.4, 0.5) is 0 Å². The van der Waals surface area contributed by atoms with E-state index in [2.05, 4.69) is 59.4 Å². The predicted octanol–water partition coefficient (Wildman–Crippen LogP) is 3.46. The van der Waals surface area contributed by atoms with Gasteiger partial charge in [0, 0.05) is 17.1 Å². The highest BCUT2D eigenvalue weighted by Crippen LogP contribution is 2.16. The third-order valence-corrected chi connectivity index (χ3v) is 2.57. The second-order valence-electron chi connectivity index (χ2n) is 3.49. The zero-order chi connectivity index (χ0) is 10.4. The van der Waals surface area contributed by atoms with E-state index in [1.807, 2.05) is 12.1 Å². The molecule has 0 unspecified atom stereocenters. The van der Waals surface area contributed by atoms with Gasteiger partial charge < -0.3 is 5.32 Å². The van der Waals surface area contributed by atoms with Crippen molar-refractivity contribution in [3.8, 4) is 0 Å². The molecule has 0 saturated heterocycles. The molecular weight excluding hydrogens is 238 g/mol. The Labute approximate surface area is 94.3 Å². The van der Waals surface area contributed by atoms with Gasteiger partial charge in [-0.15, -0.1) is 0 Å². The van der Waals surface area contributed by atoms with Gasteiger partial charge in [-0.05, 0) is 11.6 Å². The average molecular weight is 254 g/mol. The van der Waals surface area contributed by atoms with E-state index in [4.69, 9.17) is 0 Å². The number of hydrogen-bond donors (Lipinski definition) is 1. The van der Waals surface area contributed by atoms with Gasteiger partial charge in [-0.25, -0.2) is 0 Å². The van der Waals surface area contributed by atoms with Crippen LogP contribution in [0.1, 0.15) is 19.4 Å². The Morgan fingerprint density at radius 1 is 1.36 bits per heavy atom. The van der Waals surface area contributed by atoms with E-state index in [-0.39, 0.29) is 0 Å². The fourth-order valence-electron chi connectivity index (χ4n) is 1.10. The molecule has 0 atom stereocenters. The molecule has 76 valence electrons. The molecule has 1 rings (SSSR count). The van der Waals surface area contributed by atoms with Crippen molar-refractivity contribution >= 4 is 22.0 Å². The summed E-state index contributed by atoms with van der Waals surface area (Å²) < 4.78 is 1.14. The number of rotatable bonds is 4. The molecule has 0 aliphatic heterocycles. The summed E-state index contributed by atoms with van der Waals surface area (Å²) in [4.78, 5) is 0. The molecule has 0 bridgehead atoms. The molecule has 0 fully saturated rings. The number of halogens is 1. The molecule has 0 aliphatic rings. The van der Waals surface area contributed by atoms with Crippen molar-refractivity contribution in [2.75, 3.05) is 6.54 Å². The van der Waals surface area contributed by atoms with Crippen molar-refractivity contribution in [2.24, 2.45) is 0 Å². The Hall–Kier alpha value is -0.600. The van der Waals surface area contributed by atoms with Crippen molar-refractivity contribution in [3.05, 3.63) is 40.4 Å². The van der Waals surface area contributed by atoms with Gasteiger partial charge in [0.2, 0.25) is 0 Å². The summed E-state index contributed by atoms with van der Waals surface area (Å²) in [5.41, 5.74) is 1.22. The largest absolute Gasteiger partial charge is 0.311 e. The minimum absolute atomic E-state index is 0.541. The first-order valence-electron chi connectivity index (χ1n) is 4.84. The molecule has 1 aromatic rings. The van der Waals surface area contributed by atoms with Gasteiger partial charge in [0.15, 0.2) is 0 Å². The van der Waals surface area contributed by atoms with Crippen LogP contribution < -0.4 is 5.32 Å². The Balaban J connectivity index is 2.48. The average Bonchev–Trinajstić information content (AvgIpc) is 2.15. The van der Waals surface area contributed by atoms with Gasteiger partial charge in [0.25, 0.3) is 0 Å². The van der Waals surface area contributed by atoms with Gasteiger partial charge in [-0.2, -0.15) is 0 Å². The van der Waals surface area contributed by atoms with Crippen LogP contribution in [0, 0.1) is 0 Å². The van der Waals surface area contributed by atoms with E-state index < -0.39 is 0 Å². The van der Waals surface area contributed by atoms with E-state index in [0.717, 1.165) is 11.0 Å². The molecule has 0 spiro atoms. The van der Waals surface area contributed by atoms with Crippen LogP contribution in [-0.4, -0.2) is 12.6 Å². The van der Waals surface area contributed by atoms with E-state index in [9.17, 15) is 0 Å². The predicted molar refractivity (Wildman–Crippen MR) is 66.3 cm³/mol. The fourth-order valence-corrected chi connectivity index (χ4v) is 1.52. The Morgan fingerprint density at radius 2 is 2.07 bits per heavy atom. The molecule has 14 heavy (non-hydrogen) atoms. The maximum atomic E-state index is 3.51. The van der Waals surface area contributed by atoms with Crippen LogP contribution in [0.15, 0.2) is 34.8 Å². The van der Waals surface area contributed by atoms with Crippen LogP contribution in [0.5, 0.6) is 0 Å². The lowest BCUT2D eigenvalue weighted by Gasteiger charge is -2.03. The van der Waals surface area contributed by atoms with Gasteiger partial charge >= 0.3 is 0 Å². The van der Waals surface area contributed by atoms with Crippen LogP contribution in [0.2, 0.25) is 0 Å². The molecule has 0 aromatic heterocycles. The lowest BCUT2D eigenvalue weighted by atomic mass is 10.2. The van der Waals surface area contributed by atoms with Gasteiger partial charge in [0.1, 0.15) is 0 Å². The lowest BCUT2D eigenvalue weighted by molar-refractivity contribution is 0.633. The summed E-state index contributed by atoms with van der Waals surface area (Å²) >= 11 is 3.51. The second kappa shape index (κ2) is 5.99. The Morgan fingerprint density at radius 3 is 2.71 bits per heavy atom. The van der Waals surface area contributed by atoms with Gasteiger partial charge in [-0.1, -0.05) is 60.1 Å². The van der Waals surface area contributed by atoms with Crippen LogP contribution in [0.3, 0.4) is 0 Å². The lowest BCUT2D eigenvalue weighted by Crippen LogP contribution is -2.22. The summed E-state index contributed by atoms with van der Waals surface area (Å²) in [6, 6.07) is 8.75. The van der Waals surface area contributed by atoms with E-state index in [0.29, 0.717) is 6.04 Å². The SMILES string of the molecule is CC(C)NCC=Cc1ccccc1Br. The molecule has 0 heterocycles. The van der Waals surface area contributed by atoms with Crippen molar-refractivity contribution in [2.45, 2.75) is 19.9 Å². The molecule has 1 N–H and O–H groups in total. The van der Waals surface area contributed by atoms with Crippen molar-refractivity contribution in [3.63, 3.8) is 0 Å². The minimum atomic E-state index is 0.541. The maximum absolute atomic E-state index is 3.51. The summed E-state index contributed by atoms with van der Waals surface area (Å²) in [5, 5.41) is 3.33. The van der Waals surface area contributed by atoms with Crippen molar-refractivity contribution in [1.29, 1.82) is 0 Å². The van der Waals surface area contributed by atoms with E-state index >= 15 is 0 Å². The van der Waals surface area contributed by atoms with Crippen LogP contribution in [0.25, 0.3) is 6.08 Å². The first-order chi connectivity index (χ1) is 6.70. The highest BCUT2D eigenvalue weighted by atomic mass is 79.9. The zero-order valence-electron chi connectivity index (χ0n) is 8.63. The van der Waals surface area contributed by atoms with Crippen molar-refractivity contribution < 1.29 is 0 Å². The first kappa shape index (κ1) is 11.5. The molecule has 0 saturated carbocycles. The van der Waals surface area contributed by atoms with Gasteiger partial charge in [-0.3, -0.25) is 0 Å². The van der Waals surface area contributed by atoms with Crippen molar-refractivity contribution in [1.82, 2.24) is 5.32 Å².